The van der Waals surface area contributed by atoms with Crippen LogP contribution in [0.15, 0.2) is 18.2 Å². The molecule has 0 unspecified atom stereocenters. The summed E-state index contributed by atoms with van der Waals surface area (Å²) in [7, 11) is 0. The van der Waals surface area contributed by atoms with Crippen molar-refractivity contribution in [1.82, 2.24) is 15.1 Å². The molecule has 1 heterocycles. The van der Waals surface area contributed by atoms with E-state index < -0.39 is 0 Å². The molecule has 0 aliphatic rings. The summed E-state index contributed by atoms with van der Waals surface area (Å²) in [5, 5.41) is 8.67. The summed E-state index contributed by atoms with van der Waals surface area (Å²) in [5.74, 6) is -0.248. The number of carbonyl (C=O) groups is 1. The van der Waals surface area contributed by atoms with Crippen LogP contribution in [0, 0.1) is 6.92 Å². The second-order valence-corrected chi connectivity index (χ2v) is 6.23. The summed E-state index contributed by atoms with van der Waals surface area (Å²) in [5.41, 5.74) is 1.07. The molecule has 0 saturated carbocycles. The minimum Gasteiger partial charge on any atom is -0.352 e. The Morgan fingerprint density at radius 2 is 2.00 bits per heavy atom. The summed E-state index contributed by atoms with van der Waals surface area (Å²) in [6, 6.07) is 4.75. The van der Waals surface area contributed by atoms with Gasteiger partial charge in [0.25, 0.3) is 5.91 Å². The van der Waals surface area contributed by atoms with Gasteiger partial charge in [0.15, 0.2) is 0 Å². The zero-order chi connectivity index (χ0) is 16.3. The molecule has 0 saturated heterocycles. The van der Waals surface area contributed by atoms with Crippen LogP contribution in [0.25, 0.3) is 0 Å². The Morgan fingerprint density at radius 1 is 1.27 bits per heavy atom. The van der Waals surface area contributed by atoms with Gasteiger partial charge >= 0.3 is 0 Å². The Bertz CT molecular complexity index is 700. The van der Waals surface area contributed by atoms with Crippen LogP contribution in [0.5, 0.6) is 0 Å². The van der Waals surface area contributed by atoms with Crippen LogP contribution < -0.4 is 5.32 Å². The fourth-order valence-electron chi connectivity index (χ4n) is 1.88. The van der Waals surface area contributed by atoms with E-state index in [1.165, 1.54) is 6.07 Å². The van der Waals surface area contributed by atoms with Gasteiger partial charge in [-0.2, -0.15) is 5.10 Å². The van der Waals surface area contributed by atoms with Crippen molar-refractivity contribution in [1.29, 1.82) is 0 Å². The van der Waals surface area contributed by atoms with Crippen molar-refractivity contribution in [3.8, 4) is 0 Å². The van der Waals surface area contributed by atoms with Crippen molar-refractivity contribution in [2.24, 2.45) is 0 Å². The summed E-state index contributed by atoms with van der Waals surface area (Å²) in [6.07, 6.45) is 0.661. The molecule has 0 fully saturated rings. The normalized spacial score (nSPS) is 10.8. The number of amides is 1. The van der Waals surface area contributed by atoms with Crippen molar-refractivity contribution in [3.63, 3.8) is 0 Å². The lowest BCUT2D eigenvalue weighted by molar-refractivity contribution is 0.0953. The van der Waals surface area contributed by atoms with E-state index in [2.05, 4.69) is 10.4 Å². The molecule has 1 aromatic heterocycles. The highest BCUT2D eigenvalue weighted by Crippen LogP contribution is 2.25. The first-order chi connectivity index (χ1) is 10.4. The first-order valence-electron chi connectivity index (χ1n) is 6.52. The third-order valence-electron chi connectivity index (χ3n) is 3.00. The number of hydrogen-bond donors (Lipinski definition) is 1. The molecule has 0 atom stereocenters. The Balaban J connectivity index is 1.86. The molecule has 0 radical (unpaired) electrons. The van der Waals surface area contributed by atoms with E-state index in [9.17, 15) is 4.79 Å². The topological polar surface area (TPSA) is 46.9 Å². The summed E-state index contributed by atoms with van der Waals surface area (Å²) < 4.78 is 1.61. The largest absolute Gasteiger partial charge is 0.352 e. The molecule has 0 spiro atoms. The van der Waals surface area contributed by atoms with Crippen molar-refractivity contribution in [3.05, 3.63) is 49.7 Å². The highest BCUT2D eigenvalue weighted by Gasteiger charge is 2.12. The summed E-state index contributed by atoms with van der Waals surface area (Å²) in [6.45, 7) is 2.81. The van der Waals surface area contributed by atoms with E-state index in [0.29, 0.717) is 51.0 Å². The van der Waals surface area contributed by atoms with E-state index in [1.807, 2.05) is 0 Å². The maximum atomic E-state index is 12.0. The van der Waals surface area contributed by atoms with Crippen LogP contribution in [0.4, 0.5) is 0 Å². The van der Waals surface area contributed by atoms with Crippen LogP contribution in [-0.4, -0.2) is 22.2 Å². The number of aryl methyl sites for hydroxylation is 2. The monoisotopic (exact) mass is 379 g/mol. The maximum Gasteiger partial charge on any atom is 0.252 e. The molecule has 2 rings (SSSR count). The van der Waals surface area contributed by atoms with E-state index in [0.717, 1.165) is 0 Å². The highest BCUT2D eigenvalue weighted by molar-refractivity contribution is 6.41. The second-order valence-electron chi connectivity index (χ2n) is 4.65. The number of rotatable bonds is 5. The van der Waals surface area contributed by atoms with Crippen molar-refractivity contribution in [2.75, 3.05) is 6.54 Å². The Labute approximate surface area is 148 Å². The van der Waals surface area contributed by atoms with Crippen LogP contribution in [0.2, 0.25) is 20.2 Å². The summed E-state index contributed by atoms with van der Waals surface area (Å²) >= 11 is 23.8. The first kappa shape index (κ1) is 17.4. The lowest BCUT2D eigenvalue weighted by Gasteiger charge is -2.07. The first-order valence-corrected chi connectivity index (χ1v) is 8.03. The van der Waals surface area contributed by atoms with Gasteiger partial charge in [0.05, 0.1) is 16.3 Å². The number of benzene rings is 1. The van der Waals surface area contributed by atoms with Gasteiger partial charge in [0.2, 0.25) is 0 Å². The van der Waals surface area contributed by atoms with E-state index in [4.69, 9.17) is 46.4 Å². The number of hydrogen-bond acceptors (Lipinski definition) is 2. The standard InChI is InChI=1S/C14H13Cl4N3O/c1-8-12(17)13(18)21(20-8)6-2-5-19-14(22)10-4-3-9(15)7-11(10)16/h3-4,7H,2,5-6H2,1H3,(H,19,22). The quantitative estimate of drug-likeness (QED) is 0.769. The smallest absolute Gasteiger partial charge is 0.252 e. The fraction of sp³-hybridized carbons (Fsp3) is 0.286. The van der Waals surface area contributed by atoms with Gasteiger partial charge in [-0.25, -0.2) is 0 Å². The molecule has 1 N–H and O–H groups in total. The van der Waals surface area contributed by atoms with Crippen LogP contribution in [0.3, 0.4) is 0 Å². The number of carbonyl (C=O) groups excluding carboxylic acids is 1. The SMILES string of the molecule is Cc1nn(CCCNC(=O)c2ccc(Cl)cc2Cl)c(Cl)c1Cl. The number of nitrogens with one attached hydrogen (secondary N) is 1. The highest BCUT2D eigenvalue weighted by atomic mass is 35.5. The van der Waals surface area contributed by atoms with Crippen molar-refractivity contribution < 1.29 is 4.79 Å². The van der Waals surface area contributed by atoms with E-state index in [-0.39, 0.29) is 5.91 Å². The molecule has 0 aliphatic carbocycles. The van der Waals surface area contributed by atoms with Gasteiger partial charge in [0.1, 0.15) is 10.2 Å². The molecular weight excluding hydrogens is 368 g/mol. The Kier molecular flexibility index (Phi) is 5.98. The zero-order valence-corrected chi connectivity index (χ0v) is 14.7. The molecule has 2 aromatic rings. The third kappa shape index (κ3) is 4.07. The Hall–Kier alpha value is -0.940. The lowest BCUT2D eigenvalue weighted by atomic mass is 10.2. The van der Waals surface area contributed by atoms with Crippen LogP contribution >= 0.6 is 46.4 Å². The molecule has 1 aromatic carbocycles. The molecular formula is C14H13Cl4N3O. The molecule has 118 valence electrons. The van der Waals surface area contributed by atoms with E-state index >= 15 is 0 Å². The minimum atomic E-state index is -0.248. The van der Waals surface area contributed by atoms with Crippen LogP contribution in [-0.2, 0) is 6.54 Å². The van der Waals surface area contributed by atoms with Crippen molar-refractivity contribution >= 4 is 52.3 Å². The Morgan fingerprint density at radius 3 is 2.59 bits per heavy atom. The van der Waals surface area contributed by atoms with Gasteiger partial charge in [-0.3, -0.25) is 9.48 Å². The van der Waals surface area contributed by atoms with Crippen molar-refractivity contribution in [2.45, 2.75) is 19.9 Å². The molecule has 0 bridgehead atoms. The second kappa shape index (κ2) is 7.55. The van der Waals surface area contributed by atoms with E-state index in [1.54, 1.807) is 23.7 Å². The minimum absolute atomic E-state index is 0.248. The van der Waals surface area contributed by atoms with Gasteiger partial charge in [-0.05, 0) is 31.5 Å². The average molecular weight is 381 g/mol. The average Bonchev–Trinajstić information content (AvgIpc) is 2.70. The molecule has 0 aliphatic heterocycles. The fourth-order valence-corrected chi connectivity index (χ4v) is 2.77. The van der Waals surface area contributed by atoms with Gasteiger partial charge in [0, 0.05) is 18.1 Å². The molecule has 4 nitrogen and oxygen atoms in total. The number of halogens is 4. The summed E-state index contributed by atoms with van der Waals surface area (Å²) in [4.78, 5) is 12.0. The predicted molar refractivity (Wildman–Crippen MR) is 90.4 cm³/mol. The van der Waals surface area contributed by atoms with Crippen LogP contribution in [0.1, 0.15) is 22.5 Å². The number of aromatic nitrogens is 2. The van der Waals surface area contributed by atoms with Gasteiger partial charge in [-0.1, -0.05) is 46.4 Å². The van der Waals surface area contributed by atoms with Gasteiger partial charge in [-0.15, -0.1) is 0 Å². The maximum absolute atomic E-state index is 12.0. The zero-order valence-electron chi connectivity index (χ0n) is 11.7. The molecule has 8 heteroatoms. The molecule has 1 amide bonds. The predicted octanol–water partition coefficient (Wildman–Crippen LogP) is 4.63. The lowest BCUT2D eigenvalue weighted by Crippen LogP contribution is -2.25. The molecule has 22 heavy (non-hydrogen) atoms. The number of nitrogens with zero attached hydrogens (tertiary/aromatic N) is 2. The third-order valence-corrected chi connectivity index (χ3v) is 4.49. The van der Waals surface area contributed by atoms with Gasteiger partial charge < -0.3 is 5.32 Å².